The maximum Gasteiger partial charge on any atom is 0.236 e. The Bertz CT molecular complexity index is 899. The van der Waals surface area contributed by atoms with Crippen LogP contribution in [0.2, 0.25) is 0 Å². The molecule has 4 rings (SSSR count). The lowest BCUT2D eigenvalue weighted by Crippen LogP contribution is -2.27. The molecule has 4 nitrogen and oxygen atoms in total. The lowest BCUT2D eigenvalue weighted by Gasteiger charge is -2.15. The Balaban J connectivity index is 1.44. The molecule has 0 spiro atoms. The van der Waals surface area contributed by atoms with Crippen LogP contribution in [0.25, 0.3) is 0 Å². The van der Waals surface area contributed by atoms with Crippen molar-refractivity contribution in [1.29, 1.82) is 0 Å². The first kappa shape index (κ1) is 16.8. The van der Waals surface area contributed by atoms with Gasteiger partial charge >= 0.3 is 0 Å². The van der Waals surface area contributed by atoms with Crippen molar-refractivity contribution in [3.63, 3.8) is 0 Å². The third-order valence-electron chi connectivity index (χ3n) is 4.82. The van der Waals surface area contributed by atoms with Crippen LogP contribution in [0.4, 0.5) is 5.13 Å². The van der Waals surface area contributed by atoms with Crippen molar-refractivity contribution >= 4 is 22.4 Å². The number of carbonyl (C=O) groups excluding carboxylic acids is 1. The van der Waals surface area contributed by atoms with Crippen molar-refractivity contribution in [3.05, 3.63) is 76.8 Å². The molecule has 1 N–H and O–H groups in total. The van der Waals surface area contributed by atoms with E-state index in [2.05, 4.69) is 22.4 Å². The van der Waals surface area contributed by atoms with E-state index in [1.54, 1.807) is 7.11 Å². The van der Waals surface area contributed by atoms with Crippen molar-refractivity contribution in [2.75, 3.05) is 12.4 Å². The van der Waals surface area contributed by atoms with E-state index in [1.165, 1.54) is 16.9 Å². The summed E-state index contributed by atoms with van der Waals surface area (Å²) in [6.07, 6.45) is 4.42. The van der Waals surface area contributed by atoms with Gasteiger partial charge in [0.25, 0.3) is 0 Å². The maximum absolute atomic E-state index is 12.8. The molecule has 1 aromatic heterocycles. The number of amides is 1. The number of nitrogens with zero attached hydrogens (tertiary/aromatic N) is 1. The standard InChI is InChI=1S/C21H20N2O2S/c1-25-17-9-7-16(8-10-17)21(11-12-21)19(24)23-20-22-14-18(26-20)13-15-5-3-2-4-6-15/h2-10,14H,11-13H2,1H3,(H,22,23,24). The van der Waals surface area contributed by atoms with E-state index >= 15 is 0 Å². The molecule has 1 aliphatic carbocycles. The van der Waals surface area contributed by atoms with Gasteiger partial charge in [-0.3, -0.25) is 4.79 Å². The van der Waals surface area contributed by atoms with E-state index in [9.17, 15) is 4.79 Å². The zero-order valence-electron chi connectivity index (χ0n) is 14.6. The number of benzene rings is 2. The highest BCUT2D eigenvalue weighted by molar-refractivity contribution is 7.15. The Morgan fingerprint density at radius 2 is 1.88 bits per heavy atom. The highest BCUT2D eigenvalue weighted by Gasteiger charge is 2.51. The summed E-state index contributed by atoms with van der Waals surface area (Å²) >= 11 is 1.54. The maximum atomic E-state index is 12.8. The third-order valence-corrected chi connectivity index (χ3v) is 5.74. The molecular formula is C21H20N2O2S. The largest absolute Gasteiger partial charge is 0.497 e. The van der Waals surface area contributed by atoms with Gasteiger partial charge in [-0.15, -0.1) is 11.3 Å². The first-order chi connectivity index (χ1) is 12.7. The zero-order valence-corrected chi connectivity index (χ0v) is 15.4. The second kappa shape index (κ2) is 6.92. The van der Waals surface area contributed by atoms with E-state index in [4.69, 9.17) is 4.74 Å². The number of hydrogen-bond donors (Lipinski definition) is 1. The molecule has 1 aliphatic rings. The Morgan fingerprint density at radius 3 is 2.54 bits per heavy atom. The molecule has 0 unspecified atom stereocenters. The van der Waals surface area contributed by atoms with Crippen LogP contribution in [0, 0.1) is 0 Å². The Labute approximate surface area is 156 Å². The lowest BCUT2D eigenvalue weighted by molar-refractivity contribution is -0.118. The minimum absolute atomic E-state index is 0.0308. The predicted molar refractivity (Wildman–Crippen MR) is 104 cm³/mol. The first-order valence-corrected chi connectivity index (χ1v) is 9.46. The molecule has 132 valence electrons. The summed E-state index contributed by atoms with van der Waals surface area (Å²) in [7, 11) is 1.64. The number of ether oxygens (including phenoxy) is 1. The average molecular weight is 364 g/mol. The molecule has 1 fully saturated rings. The topological polar surface area (TPSA) is 51.2 Å². The molecule has 0 saturated heterocycles. The van der Waals surface area contributed by atoms with E-state index in [1.807, 2.05) is 48.7 Å². The van der Waals surface area contributed by atoms with Crippen LogP contribution >= 0.6 is 11.3 Å². The molecule has 1 amide bonds. The van der Waals surface area contributed by atoms with Crippen LogP contribution in [0.3, 0.4) is 0 Å². The highest BCUT2D eigenvalue weighted by Crippen LogP contribution is 2.49. The van der Waals surface area contributed by atoms with Crippen molar-refractivity contribution in [2.24, 2.45) is 0 Å². The van der Waals surface area contributed by atoms with Crippen LogP contribution < -0.4 is 10.1 Å². The minimum atomic E-state index is -0.419. The van der Waals surface area contributed by atoms with E-state index in [-0.39, 0.29) is 5.91 Å². The number of anilines is 1. The summed E-state index contributed by atoms with van der Waals surface area (Å²) in [4.78, 5) is 18.4. The van der Waals surface area contributed by atoms with Crippen LogP contribution in [-0.4, -0.2) is 18.0 Å². The molecule has 0 radical (unpaired) electrons. The fourth-order valence-electron chi connectivity index (χ4n) is 3.14. The van der Waals surface area contributed by atoms with Gasteiger partial charge in [-0.05, 0) is 36.1 Å². The molecule has 0 atom stereocenters. The van der Waals surface area contributed by atoms with Crippen LogP contribution in [-0.2, 0) is 16.6 Å². The summed E-state index contributed by atoms with van der Waals surface area (Å²) in [5.74, 6) is 0.832. The van der Waals surface area contributed by atoms with Crippen LogP contribution in [0.5, 0.6) is 5.75 Å². The summed E-state index contributed by atoms with van der Waals surface area (Å²) in [5, 5.41) is 3.68. The van der Waals surface area contributed by atoms with Crippen LogP contribution in [0.1, 0.15) is 28.8 Å². The number of carbonyl (C=O) groups is 1. The van der Waals surface area contributed by atoms with E-state index in [0.717, 1.165) is 35.5 Å². The zero-order chi connectivity index (χ0) is 18.0. The smallest absolute Gasteiger partial charge is 0.236 e. The molecule has 1 heterocycles. The lowest BCUT2D eigenvalue weighted by atomic mass is 9.95. The SMILES string of the molecule is COc1ccc(C2(C(=O)Nc3ncc(Cc4ccccc4)s3)CC2)cc1. The summed E-state index contributed by atoms with van der Waals surface area (Å²) < 4.78 is 5.20. The Kier molecular flexibility index (Phi) is 4.47. The fraction of sp³-hybridized carbons (Fsp3) is 0.238. The normalized spacial score (nSPS) is 14.7. The predicted octanol–water partition coefficient (Wildman–Crippen LogP) is 4.41. The third kappa shape index (κ3) is 3.35. The fourth-order valence-corrected chi connectivity index (χ4v) is 3.98. The van der Waals surface area contributed by atoms with Crippen molar-refractivity contribution < 1.29 is 9.53 Å². The molecule has 26 heavy (non-hydrogen) atoms. The van der Waals surface area contributed by atoms with Gasteiger partial charge in [0.2, 0.25) is 5.91 Å². The Hall–Kier alpha value is -2.66. The van der Waals surface area contributed by atoms with Gasteiger partial charge in [0.05, 0.1) is 12.5 Å². The second-order valence-corrected chi connectivity index (χ2v) is 7.67. The number of methoxy groups -OCH3 is 1. The molecule has 1 saturated carbocycles. The van der Waals surface area contributed by atoms with Crippen molar-refractivity contribution in [3.8, 4) is 5.75 Å². The molecule has 0 bridgehead atoms. The van der Waals surface area contributed by atoms with Crippen LogP contribution in [0.15, 0.2) is 60.8 Å². The molecule has 3 aromatic rings. The second-order valence-electron chi connectivity index (χ2n) is 6.56. The molecular weight excluding hydrogens is 344 g/mol. The van der Waals surface area contributed by atoms with E-state index < -0.39 is 5.41 Å². The van der Waals surface area contributed by atoms with E-state index in [0.29, 0.717) is 5.13 Å². The Morgan fingerprint density at radius 1 is 1.15 bits per heavy atom. The molecule has 2 aromatic carbocycles. The molecule has 0 aliphatic heterocycles. The quantitative estimate of drug-likeness (QED) is 0.705. The average Bonchev–Trinajstić information content (AvgIpc) is 3.39. The minimum Gasteiger partial charge on any atom is -0.497 e. The number of nitrogens with one attached hydrogen (secondary N) is 1. The monoisotopic (exact) mass is 364 g/mol. The van der Waals surface area contributed by atoms with Gasteiger partial charge in [-0.2, -0.15) is 0 Å². The van der Waals surface area contributed by atoms with Gasteiger partial charge in [-0.25, -0.2) is 4.98 Å². The van der Waals surface area contributed by atoms with Crippen molar-refractivity contribution in [1.82, 2.24) is 4.98 Å². The van der Waals surface area contributed by atoms with Gasteiger partial charge in [0.15, 0.2) is 5.13 Å². The highest BCUT2D eigenvalue weighted by atomic mass is 32.1. The number of aromatic nitrogens is 1. The van der Waals surface area contributed by atoms with Gasteiger partial charge in [-0.1, -0.05) is 42.5 Å². The first-order valence-electron chi connectivity index (χ1n) is 8.64. The summed E-state index contributed by atoms with van der Waals surface area (Å²) in [5.41, 5.74) is 1.86. The number of thiazole rings is 1. The summed E-state index contributed by atoms with van der Waals surface area (Å²) in [6, 6.07) is 18.0. The number of hydrogen-bond acceptors (Lipinski definition) is 4. The summed E-state index contributed by atoms with van der Waals surface area (Å²) in [6.45, 7) is 0. The van der Waals surface area contributed by atoms with Gasteiger partial charge in [0.1, 0.15) is 5.75 Å². The van der Waals surface area contributed by atoms with Gasteiger partial charge in [0, 0.05) is 17.5 Å². The van der Waals surface area contributed by atoms with Crippen molar-refractivity contribution in [2.45, 2.75) is 24.7 Å². The number of rotatable bonds is 6. The van der Waals surface area contributed by atoms with Gasteiger partial charge < -0.3 is 10.1 Å². The molecule has 5 heteroatoms.